The number of halogens is 5. The Kier molecular flexibility index (Phi) is 3.67. The predicted molar refractivity (Wildman–Crippen MR) is 54.9 cm³/mol. The topological polar surface area (TPSA) is 20.2 Å². The normalized spacial score (nSPS) is 15.5. The largest absolute Gasteiger partial charge is 0.457 e. The van der Waals surface area contributed by atoms with Gasteiger partial charge in [-0.05, 0) is 19.1 Å². The fraction of sp³-hybridized carbons (Fsp3) is 0.333. The zero-order chi connectivity index (χ0) is 14.0. The maximum Gasteiger partial charge on any atom is 0.457 e. The Labute approximate surface area is 100 Å². The van der Waals surface area contributed by atoms with Crippen LogP contribution in [0.5, 0.6) is 0 Å². The van der Waals surface area contributed by atoms with Gasteiger partial charge in [0.1, 0.15) is 0 Å². The van der Waals surface area contributed by atoms with E-state index < -0.39 is 17.7 Å². The Bertz CT molecular complexity index is 465. The van der Waals surface area contributed by atoms with Crippen LogP contribution in [0.4, 0.5) is 22.0 Å². The molecule has 0 aliphatic heterocycles. The molecule has 0 saturated carbocycles. The summed E-state index contributed by atoms with van der Waals surface area (Å²) < 4.78 is 62.1. The van der Waals surface area contributed by atoms with Crippen molar-refractivity contribution < 1.29 is 27.1 Å². The van der Waals surface area contributed by atoms with Crippen molar-refractivity contribution in [2.45, 2.75) is 24.6 Å². The van der Waals surface area contributed by atoms with Crippen LogP contribution < -0.4 is 0 Å². The van der Waals surface area contributed by atoms with Gasteiger partial charge in [-0.1, -0.05) is 30.0 Å². The van der Waals surface area contributed by atoms with Gasteiger partial charge in [-0.3, -0.25) is 0 Å². The Hall–Kier alpha value is -1.61. The lowest BCUT2D eigenvalue weighted by molar-refractivity contribution is -0.325. The second kappa shape index (κ2) is 4.58. The second-order valence-corrected chi connectivity index (χ2v) is 3.76. The van der Waals surface area contributed by atoms with Gasteiger partial charge in [0.05, 0.1) is 0 Å². The van der Waals surface area contributed by atoms with Gasteiger partial charge in [-0.15, -0.1) is 0 Å². The van der Waals surface area contributed by atoms with Crippen molar-refractivity contribution in [3.63, 3.8) is 0 Å². The lowest BCUT2D eigenvalue weighted by atomic mass is 9.97. The molecule has 6 heteroatoms. The summed E-state index contributed by atoms with van der Waals surface area (Å²) in [5.74, 6) is -1.66. The molecule has 0 radical (unpaired) electrons. The molecule has 0 amide bonds. The molecule has 18 heavy (non-hydrogen) atoms. The number of aliphatic hydroxyl groups is 1. The van der Waals surface area contributed by atoms with Crippen LogP contribution in [0.15, 0.2) is 30.3 Å². The predicted octanol–water partition coefficient (Wildman–Crippen LogP) is 2.99. The molecule has 1 aromatic rings. The smallest absolute Gasteiger partial charge is 0.372 e. The lowest BCUT2D eigenvalue weighted by Crippen LogP contribution is -2.54. The fourth-order valence-electron chi connectivity index (χ4n) is 1.07. The van der Waals surface area contributed by atoms with E-state index in [-0.39, 0.29) is 5.56 Å². The van der Waals surface area contributed by atoms with E-state index >= 15 is 0 Å². The summed E-state index contributed by atoms with van der Waals surface area (Å²) in [6.45, 7) is 0.330. The molecule has 0 aromatic heterocycles. The maximum atomic E-state index is 12.9. The third-order valence-corrected chi connectivity index (χ3v) is 2.19. The zero-order valence-corrected chi connectivity index (χ0v) is 9.22. The van der Waals surface area contributed by atoms with Crippen LogP contribution in [0.1, 0.15) is 12.5 Å². The monoisotopic (exact) mass is 264 g/mol. The SMILES string of the molecule is CC(O)(C#Cc1ccccc1)C(F)(F)C(F)(F)F. The second-order valence-electron chi connectivity index (χ2n) is 3.76. The van der Waals surface area contributed by atoms with Gasteiger partial charge in [-0.25, -0.2) is 0 Å². The van der Waals surface area contributed by atoms with Crippen LogP contribution in [0.25, 0.3) is 0 Å². The third-order valence-electron chi connectivity index (χ3n) is 2.19. The summed E-state index contributed by atoms with van der Waals surface area (Å²) in [7, 11) is 0. The van der Waals surface area contributed by atoms with E-state index in [1.807, 2.05) is 0 Å². The Morgan fingerprint density at radius 1 is 1.00 bits per heavy atom. The molecule has 0 saturated heterocycles. The first kappa shape index (κ1) is 14.5. The molecule has 0 fully saturated rings. The number of hydrogen-bond donors (Lipinski definition) is 1. The summed E-state index contributed by atoms with van der Waals surface area (Å²) in [4.78, 5) is 0. The summed E-state index contributed by atoms with van der Waals surface area (Å²) in [6.07, 6.45) is -5.86. The van der Waals surface area contributed by atoms with Crippen molar-refractivity contribution in [1.82, 2.24) is 0 Å². The Morgan fingerprint density at radius 3 is 1.94 bits per heavy atom. The van der Waals surface area contributed by atoms with Crippen LogP contribution in [-0.2, 0) is 0 Å². The van der Waals surface area contributed by atoms with Crippen molar-refractivity contribution in [2.24, 2.45) is 0 Å². The minimum Gasteiger partial charge on any atom is -0.372 e. The van der Waals surface area contributed by atoms with Gasteiger partial charge in [0.25, 0.3) is 0 Å². The molecule has 0 bridgehead atoms. The van der Waals surface area contributed by atoms with E-state index in [0.29, 0.717) is 6.92 Å². The zero-order valence-electron chi connectivity index (χ0n) is 9.22. The molecule has 1 rings (SSSR count). The van der Waals surface area contributed by atoms with E-state index in [1.165, 1.54) is 12.1 Å². The third kappa shape index (κ3) is 2.79. The molecular weight excluding hydrogens is 255 g/mol. The first-order valence-electron chi connectivity index (χ1n) is 4.83. The van der Waals surface area contributed by atoms with Crippen molar-refractivity contribution in [3.05, 3.63) is 35.9 Å². The van der Waals surface area contributed by atoms with Crippen LogP contribution in [0.2, 0.25) is 0 Å². The molecule has 0 aliphatic rings. The van der Waals surface area contributed by atoms with Crippen LogP contribution >= 0.6 is 0 Å². The highest BCUT2D eigenvalue weighted by Crippen LogP contribution is 2.43. The summed E-state index contributed by atoms with van der Waals surface area (Å²) >= 11 is 0. The van der Waals surface area contributed by atoms with Crippen molar-refractivity contribution in [3.8, 4) is 11.8 Å². The van der Waals surface area contributed by atoms with Crippen LogP contribution in [0.3, 0.4) is 0 Å². The van der Waals surface area contributed by atoms with Gasteiger partial charge >= 0.3 is 12.1 Å². The Balaban J connectivity index is 3.07. The van der Waals surface area contributed by atoms with Crippen LogP contribution in [0, 0.1) is 11.8 Å². The van der Waals surface area contributed by atoms with E-state index in [9.17, 15) is 27.1 Å². The maximum absolute atomic E-state index is 12.9. The first-order chi connectivity index (χ1) is 8.08. The van der Waals surface area contributed by atoms with E-state index in [4.69, 9.17) is 0 Å². The summed E-state index contributed by atoms with van der Waals surface area (Å²) in [6, 6.07) is 7.57. The van der Waals surface area contributed by atoms with Gasteiger partial charge in [0.2, 0.25) is 0 Å². The molecule has 1 unspecified atom stereocenters. The number of benzene rings is 1. The van der Waals surface area contributed by atoms with E-state index in [1.54, 1.807) is 24.1 Å². The molecular formula is C12H9F5O. The molecule has 1 nitrogen and oxygen atoms in total. The van der Waals surface area contributed by atoms with Crippen molar-refractivity contribution in [1.29, 1.82) is 0 Å². The van der Waals surface area contributed by atoms with Crippen molar-refractivity contribution in [2.75, 3.05) is 0 Å². The quantitative estimate of drug-likeness (QED) is 0.610. The molecule has 1 N–H and O–H groups in total. The minimum absolute atomic E-state index is 0.232. The highest BCUT2D eigenvalue weighted by Gasteiger charge is 2.67. The standard InChI is InChI=1S/C12H9F5O/c1-10(18,11(13,14)12(15,16)17)8-7-9-5-3-2-4-6-9/h2-6,18H,1H3. The number of alkyl halides is 5. The molecule has 0 aliphatic carbocycles. The average molecular weight is 264 g/mol. The molecule has 0 heterocycles. The number of rotatable bonds is 1. The van der Waals surface area contributed by atoms with Gasteiger partial charge in [-0.2, -0.15) is 22.0 Å². The van der Waals surface area contributed by atoms with Crippen LogP contribution in [-0.4, -0.2) is 22.8 Å². The number of hydrogen-bond acceptors (Lipinski definition) is 1. The summed E-state index contributed by atoms with van der Waals surface area (Å²) in [5.41, 5.74) is -3.25. The fourth-order valence-corrected chi connectivity index (χ4v) is 1.07. The first-order valence-corrected chi connectivity index (χ1v) is 4.83. The molecule has 1 aromatic carbocycles. The minimum atomic E-state index is -5.86. The van der Waals surface area contributed by atoms with Gasteiger partial charge in [0.15, 0.2) is 5.60 Å². The highest BCUT2D eigenvalue weighted by molar-refractivity contribution is 5.36. The van der Waals surface area contributed by atoms with E-state index in [0.717, 1.165) is 0 Å². The van der Waals surface area contributed by atoms with Crippen molar-refractivity contribution >= 4 is 0 Å². The highest BCUT2D eigenvalue weighted by atomic mass is 19.4. The molecule has 0 spiro atoms. The summed E-state index contributed by atoms with van der Waals surface area (Å²) in [5, 5.41) is 9.20. The average Bonchev–Trinajstić information content (AvgIpc) is 2.26. The molecule has 1 atom stereocenters. The van der Waals surface area contributed by atoms with E-state index in [2.05, 4.69) is 5.92 Å². The van der Waals surface area contributed by atoms with Gasteiger partial charge in [0, 0.05) is 5.56 Å². The lowest BCUT2D eigenvalue weighted by Gasteiger charge is -2.29. The molecule has 98 valence electrons. The van der Waals surface area contributed by atoms with Gasteiger partial charge < -0.3 is 5.11 Å². The Morgan fingerprint density at radius 2 is 1.50 bits per heavy atom.